The number of aryl methyl sites for hydroxylation is 1. The fourth-order valence-corrected chi connectivity index (χ4v) is 1.66. The summed E-state index contributed by atoms with van der Waals surface area (Å²) >= 11 is 3.42. The van der Waals surface area contributed by atoms with Crippen molar-refractivity contribution in [2.75, 3.05) is 6.61 Å². The second-order valence-electron chi connectivity index (χ2n) is 3.62. The van der Waals surface area contributed by atoms with E-state index in [1.54, 1.807) is 6.92 Å². The van der Waals surface area contributed by atoms with Crippen LogP contribution in [0.4, 0.5) is 0 Å². The van der Waals surface area contributed by atoms with Gasteiger partial charge in [-0.25, -0.2) is 0 Å². The summed E-state index contributed by atoms with van der Waals surface area (Å²) in [6, 6.07) is 5.54. The summed E-state index contributed by atoms with van der Waals surface area (Å²) in [7, 11) is 0. The third-order valence-electron chi connectivity index (χ3n) is 2.30. The normalized spacial score (nSPS) is 12.2. The molecular formula is C12H16BrNO2. The van der Waals surface area contributed by atoms with Gasteiger partial charge in [-0.3, -0.25) is 4.79 Å². The molecule has 0 unspecified atom stereocenters. The van der Waals surface area contributed by atoms with E-state index in [0.29, 0.717) is 6.61 Å². The average Bonchev–Trinajstić information content (AvgIpc) is 2.22. The predicted molar refractivity (Wildman–Crippen MR) is 67.1 cm³/mol. The van der Waals surface area contributed by atoms with Gasteiger partial charge in [-0.15, -0.1) is 0 Å². The zero-order chi connectivity index (χ0) is 12.1. The lowest BCUT2D eigenvalue weighted by atomic mass is 10.0. The predicted octanol–water partition coefficient (Wildman–Crippen LogP) is 2.71. The van der Waals surface area contributed by atoms with Gasteiger partial charge in [0.2, 0.25) is 0 Å². The Morgan fingerprint density at radius 2 is 2.25 bits per heavy atom. The van der Waals surface area contributed by atoms with Crippen LogP contribution in [-0.4, -0.2) is 12.6 Å². The van der Waals surface area contributed by atoms with Gasteiger partial charge in [0.05, 0.1) is 13.0 Å². The van der Waals surface area contributed by atoms with Gasteiger partial charge < -0.3 is 10.5 Å². The van der Waals surface area contributed by atoms with Crippen molar-refractivity contribution >= 4 is 21.9 Å². The SMILES string of the molecule is CCOC(=O)C[C@@H](N)c1ccc(Br)c(C)c1. The molecule has 1 aromatic rings. The first-order valence-corrected chi connectivity index (χ1v) is 6.01. The van der Waals surface area contributed by atoms with Crippen LogP contribution in [0.5, 0.6) is 0 Å². The summed E-state index contributed by atoms with van der Waals surface area (Å²) in [5.41, 5.74) is 7.99. The number of ether oxygens (including phenoxy) is 1. The smallest absolute Gasteiger partial charge is 0.307 e. The molecule has 0 amide bonds. The summed E-state index contributed by atoms with van der Waals surface area (Å²) in [5, 5.41) is 0. The van der Waals surface area contributed by atoms with Crippen molar-refractivity contribution in [3.8, 4) is 0 Å². The Kier molecular flexibility index (Phi) is 4.96. The number of hydrogen-bond acceptors (Lipinski definition) is 3. The van der Waals surface area contributed by atoms with E-state index in [0.717, 1.165) is 15.6 Å². The van der Waals surface area contributed by atoms with Gasteiger partial charge in [0, 0.05) is 10.5 Å². The van der Waals surface area contributed by atoms with Gasteiger partial charge >= 0.3 is 5.97 Å². The minimum Gasteiger partial charge on any atom is -0.466 e. The number of hydrogen-bond donors (Lipinski definition) is 1. The van der Waals surface area contributed by atoms with Crippen LogP contribution >= 0.6 is 15.9 Å². The highest BCUT2D eigenvalue weighted by Crippen LogP contribution is 2.21. The molecule has 0 heterocycles. The lowest BCUT2D eigenvalue weighted by Crippen LogP contribution is -2.17. The highest BCUT2D eigenvalue weighted by molar-refractivity contribution is 9.10. The van der Waals surface area contributed by atoms with Crippen LogP contribution in [-0.2, 0) is 9.53 Å². The third kappa shape index (κ3) is 3.61. The van der Waals surface area contributed by atoms with Crippen LogP contribution < -0.4 is 5.73 Å². The number of benzene rings is 1. The molecule has 1 atom stereocenters. The topological polar surface area (TPSA) is 52.3 Å². The summed E-state index contributed by atoms with van der Waals surface area (Å²) in [5.74, 6) is -0.254. The molecule has 0 bridgehead atoms. The summed E-state index contributed by atoms with van der Waals surface area (Å²) in [6.07, 6.45) is 0.217. The monoisotopic (exact) mass is 285 g/mol. The number of esters is 1. The van der Waals surface area contributed by atoms with Gasteiger partial charge in [-0.2, -0.15) is 0 Å². The van der Waals surface area contributed by atoms with E-state index in [-0.39, 0.29) is 18.4 Å². The van der Waals surface area contributed by atoms with Gasteiger partial charge in [-0.05, 0) is 31.0 Å². The molecule has 1 rings (SSSR count). The molecule has 0 saturated carbocycles. The van der Waals surface area contributed by atoms with Crippen molar-refractivity contribution in [3.63, 3.8) is 0 Å². The van der Waals surface area contributed by atoms with E-state index in [1.165, 1.54) is 0 Å². The Hall–Kier alpha value is -0.870. The Morgan fingerprint density at radius 3 is 2.81 bits per heavy atom. The van der Waals surface area contributed by atoms with Crippen LogP contribution in [0.15, 0.2) is 22.7 Å². The fraction of sp³-hybridized carbons (Fsp3) is 0.417. The van der Waals surface area contributed by atoms with Crippen molar-refractivity contribution < 1.29 is 9.53 Å². The third-order valence-corrected chi connectivity index (χ3v) is 3.19. The average molecular weight is 286 g/mol. The van der Waals surface area contributed by atoms with Crippen molar-refractivity contribution in [2.24, 2.45) is 5.73 Å². The molecule has 0 aromatic heterocycles. The van der Waals surface area contributed by atoms with Crippen molar-refractivity contribution in [1.82, 2.24) is 0 Å². The van der Waals surface area contributed by atoms with E-state index < -0.39 is 0 Å². The largest absolute Gasteiger partial charge is 0.466 e. The molecular weight excluding hydrogens is 270 g/mol. The second kappa shape index (κ2) is 6.01. The van der Waals surface area contributed by atoms with E-state index >= 15 is 0 Å². The molecule has 0 aliphatic carbocycles. The molecule has 0 fully saturated rings. The van der Waals surface area contributed by atoms with Gasteiger partial charge in [0.25, 0.3) is 0 Å². The number of rotatable bonds is 4. The molecule has 0 aliphatic rings. The summed E-state index contributed by atoms with van der Waals surface area (Å²) in [4.78, 5) is 11.3. The molecule has 2 N–H and O–H groups in total. The zero-order valence-corrected chi connectivity index (χ0v) is 11.1. The maximum absolute atomic E-state index is 11.3. The van der Waals surface area contributed by atoms with Crippen LogP contribution in [0.2, 0.25) is 0 Å². The van der Waals surface area contributed by atoms with E-state index in [4.69, 9.17) is 10.5 Å². The highest BCUT2D eigenvalue weighted by Gasteiger charge is 2.12. The minimum absolute atomic E-state index is 0.217. The number of carbonyl (C=O) groups is 1. The van der Waals surface area contributed by atoms with E-state index in [1.807, 2.05) is 25.1 Å². The molecule has 1 aromatic carbocycles. The van der Waals surface area contributed by atoms with Crippen molar-refractivity contribution in [3.05, 3.63) is 33.8 Å². The number of carbonyl (C=O) groups excluding carboxylic acids is 1. The van der Waals surface area contributed by atoms with Gasteiger partial charge in [0.1, 0.15) is 0 Å². The molecule has 16 heavy (non-hydrogen) atoms. The van der Waals surface area contributed by atoms with E-state index in [2.05, 4.69) is 15.9 Å². The zero-order valence-electron chi connectivity index (χ0n) is 9.50. The summed E-state index contributed by atoms with van der Waals surface area (Å²) < 4.78 is 5.90. The Labute approximate surface area is 104 Å². The second-order valence-corrected chi connectivity index (χ2v) is 4.48. The molecule has 0 spiro atoms. The highest BCUT2D eigenvalue weighted by atomic mass is 79.9. The van der Waals surface area contributed by atoms with Crippen LogP contribution in [0.25, 0.3) is 0 Å². The summed E-state index contributed by atoms with van der Waals surface area (Å²) in [6.45, 7) is 4.17. The first kappa shape index (κ1) is 13.2. The van der Waals surface area contributed by atoms with Crippen LogP contribution in [0, 0.1) is 6.92 Å². The van der Waals surface area contributed by atoms with Gasteiger partial charge in [0.15, 0.2) is 0 Å². The maximum Gasteiger partial charge on any atom is 0.307 e. The molecule has 0 radical (unpaired) electrons. The lowest BCUT2D eigenvalue weighted by molar-refractivity contribution is -0.143. The fourth-order valence-electron chi connectivity index (χ4n) is 1.42. The first-order valence-electron chi connectivity index (χ1n) is 5.21. The molecule has 88 valence electrons. The molecule has 3 nitrogen and oxygen atoms in total. The minimum atomic E-state index is -0.300. The number of halogens is 1. The van der Waals surface area contributed by atoms with Gasteiger partial charge in [-0.1, -0.05) is 28.1 Å². The van der Waals surface area contributed by atoms with Crippen molar-refractivity contribution in [2.45, 2.75) is 26.3 Å². The molecule has 0 aliphatic heterocycles. The van der Waals surface area contributed by atoms with Crippen molar-refractivity contribution in [1.29, 1.82) is 0 Å². The lowest BCUT2D eigenvalue weighted by Gasteiger charge is -2.12. The number of nitrogens with two attached hydrogens (primary N) is 1. The Bertz CT molecular complexity index is 379. The quantitative estimate of drug-likeness (QED) is 0.866. The van der Waals surface area contributed by atoms with E-state index in [9.17, 15) is 4.79 Å². The Balaban J connectivity index is 2.69. The van der Waals surface area contributed by atoms with Crippen LogP contribution in [0.3, 0.4) is 0 Å². The van der Waals surface area contributed by atoms with Crippen LogP contribution in [0.1, 0.15) is 30.5 Å². The maximum atomic E-state index is 11.3. The molecule has 4 heteroatoms. The standard InChI is InChI=1S/C12H16BrNO2/c1-3-16-12(15)7-11(14)9-4-5-10(13)8(2)6-9/h4-6,11H,3,7,14H2,1-2H3/t11-/m1/s1. The first-order chi connectivity index (χ1) is 7.54. The molecule has 0 saturated heterocycles. The Morgan fingerprint density at radius 1 is 1.56 bits per heavy atom.